The lowest BCUT2D eigenvalue weighted by atomic mass is 10.4. The summed E-state index contributed by atoms with van der Waals surface area (Å²) in [5.41, 5.74) is 0. The van der Waals surface area contributed by atoms with Crippen molar-refractivity contribution < 1.29 is 9.59 Å². The van der Waals surface area contributed by atoms with Crippen molar-refractivity contribution >= 4 is 23.5 Å². The molecule has 5 nitrogen and oxygen atoms in total. The van der Waals surface area contributed by atoms with Gasteiger partial charge in [0.05, 0.1) is 0 Å². The topological polar surface area (TPSA) is 61.4 Å². The molecule has 0 aliphatic rings. The average Bonchev–Trinajstić information content (AvgIpc) is 2.12. The number of hydrogen-bond acceptors (Lipinski definition) is 3. The second-order valence-electron chi connectivity index (χ2n) is 3.52. The Morgan fingerprint density at radius 2 is 2.00 bits per heavy atom. The molecular weight excluding hydrogens is 218 g/mol. The number of hydrogen-bond donors (Lipinski definition) is 2. The summed E-state index contributed by atoms with van der Waals surface area (Å²) in [7, 11) is 3.91. The Morgan fingerprint density at radius 3 is 2.47 bits per heavy atom. The summed E-state index contributed by atoms with van der Waals surface area (Å²) in [6.07, 6.45) is 0.838. The van der Waals surface area contributed by atoms with Crippen LogP contribution < -0.4 is 10.6 Å². The SMILES string of the molecule is CC(Cl)C(=O)NC(=O)NCCCN(C)C. The van der Waals surface area contributed by atoms with Crippen LogP contribution >= 0.6 is 11.6 Å². The van der Waals surface area contributed by atoms with Gasteiger partial charge in [-0.2, -0.15) is 0 Å². The molecule has 0 bridgehead atoms. The summed E-state index contributed by atoms with van der Waals surface area (Å²) in [5.74, 6) is -0.484. The summed E-state index contributed by atoms with van der Waals surface area (Å²) in [4.78, 5) is 24.1. The van der Waals surface area contributed by atoms with Crippen LogP contribution in [0, 0.1) is 0 Å². The monoisotopic (exact) mass is 235 g/mol. The third-order valence-electron chi connectivity index (χ3n) is 1.67. The molecule has 0 fully saturated rings. The molecule has 0 rings (SSSR count). The van der Waals surface area contributed by atoms with E-state index in [2.05, 4.69) is 10.6 Å². The van der Waals surface area contributed by atoms with E-state index in [1.165, 1.54) is 6.92 Å². The normalized spacial score (nSPS) is 12.3. The molecule has 2 N–H and O–H groups in total. The predicted molar refractivity (Wildman–Crippen MR) is 60.0 cm³/mol. The highest BCUT2D eigenvalue weighted by Crippen LogP contribution is 1.91. The lowest BCUT2D eigenvalue weighted by Crippen LogP contribution is -2.42. The number of nitrogens with zero attached hydrogens (tertiary/aromatic N) is 1. The van der Waals surface area contributed by atoms with Crippen LogP contribution in [0.4, 0.5) is 4.79 Å². The third-order valence-corrected chi connectivity index (χ3v) is 1.86. The quantitative estimate of drug-likeness (QED) is 0.536. The van der Waals surface area contributed by atoms with Gasteiger partial charge in [-0.25, -0.2) is 4.79 Å². The largest absolute Gasteiger partial charge is 0.338 e. The van der Waals surface area contributed by atoms with Gasteiger partial charge in [-0.05, 0) is 34.0 Å². The van der Waals surface area contributed by atoms with Gasteiger partial charge >= 0.3 is 6.03 Å². The van der Waals surface area contributed by atoms with Crippen molar-refractivity contribution in [3.05, 3.63) is 0 Å². The van der Waals surface area contributed by atoms with Gasteiger partial charge in [0.15, 0.2) is 0 Å². The predicted octanol–water partition coefficient (Wildman–Crippen LogP) is 0.391. The van der Waals surface area contributed by atoms with E-state index in [4.69, 9.17) is 11.6 Å². The van der Waals surface area contributed by atoms with E-state index in [1.807, 2.05) is 19.0 Å². The lowest BCUT2D eigenvalue weighted by Gasteiger charge is -2.10. The van der Waals surface area contributed by atoms with Gasteiger partial charge in [-0.15, -0.1) is 11.6 Å². The van der Waals surface area contributed by atoms with Crippen LogP contribution in [0.25, 0.3) is 0 Å². The minimum atomic E-state index is -0.697. The average molecular weight is 236 g/mol. The molecule has 88 valence electrons. The van der Waals surface area contributed by atoms with Crippen LogP contribution in [-0.2, 0) is 4.79 Å². The smallest absolute Gasteiger partial charge is 0.321 e. The Morgan fingerprint density at radius 1 is 1.40 bits per heavy atom. The second kappa shape index (κ2) is 7.48. The van der Waals surface area contributed by atoms with Crippen LogP contribution in [-0.4, -0.2) is 49.4 Å². The highest BCUT2D eigenvalue weighted by molar-refractivity contribution is 6.31. The van der Waals surface area contributed by atoms with Crippen molar-refractivity contribution in [2.45, 2.75) is 18.7 Å². The van der Waals surface area contributed by atoms with Gasteiger partial charge in [0.2, 0.25) is 5.91 Å². The van der Waals surface area contributed by atoms with E-state index in [0.717, 1.165) is 13.0 Å². The molecule has 0 aliphatic carbocycles. The minimum Gasteiger partial charge on any atom is -0.338 e. The Bertz CT molecular complexity index is 219. The fourth-order valence-corrected chi connectivity index (χ4v) is 0.907. The molecule has 0 saturated carbocycles. The van der Waals surface area contributed by atoms with Gasteiger partial charge in [0, 0.05) is 6.54 Å². The summed E-state index contributed by atoms with van der Waals surface area (Å²) in [5, 5.41) is 4.00. The van der Waals surface area contributed by atoms with Gasteiger partial charge in [-0.1, -0.05) is 0 Å². The first-order chi connectivity index (χ1) is 6.93. The molecule has 0 aliphatic heterocycles. The zero-order chi connectivity index (χ0) is 11.8. The number of urea groups is 1. The minimum absolute atomic E-state index is 0.484. The van der Waals surface area contributed by atoms with Crippen molar-refractivity contribution in [2.75, 3.05) is 27.2 Å². The van der Waals surface area contributed by atoms with Gasteiger partial charge in [-0.3, -0.25) is 10.1 Å². The first-order valence-corrected chi connectivity index (χ1v) is 5.24. The van der Waals surface area contributed by atoms with E-state index < -0.39 is 17.3 Å². The number of amides is 3. The van der Waals surface area contributed by atoms with Crippen LogP contribution in [0.2, 0.25) is 0 Å². The zero-order valence-corrected chi connectivity index (χ0v) is 10.1. The van der Waals surface area contributed by atoms with E-state index in [1.54, 1.807) is 0 Å². The summed E-state index contributed by atoms with van der Waals surface area (Å²) in [6.45, 7) is 2.93. The Balaban J connectivity index is 3.54. The van der Waals surface area contributed by atoms with Crippen LogP contribution in [0.1, 0.15) is 13.3 Å². The first-order valence-electron chi connectivity index (χ1n) is 4.81. The maximum Gasteiger partial charge on any atom is 0.321 e. The number of carbonyl (C=O) groups excluding carboxylic acids is 2. The van der Waals surface area contributed by atoms with E-state index in [-0.39, 0.29) is 0 Å². The highest BCUT2D eigenvalue weighted by Gasteiger charge is 2.11. The summed E-state index contributed by atoms with van der Waals surface area (Å²) >= 11 is 5.48. The molecule has 15 heavy (non-hydrogen) atoms. The maximum atomic E-state index is 11.1. The van der Waals surface area contributed by atoms with E-state index >= 15 is 0 Å². The number of halogens is 1. The van der Waals surface area contributed by atoms with Crippen LogP contribution in [0.3, 0.4) is 0 Å². The third kappa shape index (κ3) is 8.20. The van der Waals surface area contributed by atoms with Crippen LogP contribution in [0.15, 0.2) is 0 Å². The van der Waals surface area contributed by atoms with Gasteiger partial charge in [0.1, 0.15) is 5.38 Å². The molecule has 0 spiro atoms. The fourth-order valence-electron chi connectivity index (χ4n) is 0.853. The second-order valence-corrected chi connectivity index (χ2v) is 4.17. The summed E-state index contributed by atoms with van der Waals surface area (Å²) < 4.78 is 0. The van der Waals surface area contributed by atoms with Gasteiger partial charge < -0.3 is 10.2 Å². The Labute approximate surface area is 95.1 Å². The van der Waals surface area contributed by atoms with E-state index in [9.17, 15) is 9.59 Å². The molecule has 6 heteroatoms. The number of alkyl halides is 1. The molecule has 0 aromatic rings. The van der Waals surface area contributed by atoms with E-state index in [0.29, 0.717) is 6.54 Å². The fraction of sp³-hybridized carbons (Fsp3) is 0.778. The molecule has 0 saturated heterocycles. The molecule has 0 aromatic carbocycles. The maximum absolute atomic E-state index is 11.1. The zero-order valence-electron chi connectivity index (χ0n) is 9.34. The molecule has 0 aromatic heterocycles. The number of rotatable bonds is 5. The van der Waals surface area contributed by atoms with Crippen molar-refractivity contribution in [1.82, 2.24) is 15.5 Å². The van der Waals surface area contributed by atoms with Crippen molar-refractivity contribution in [1.29, 1.82) is 0 Å². The van der Waals surface area contributed by atoms with Crippen molar-refractivity contribution in [3.8, 4) is 0 Å². The molecule has 0 heterocycles. The van der Waals surface area contributed by atoms with Crippen molar-refractivity contribution in [2.24, 2.45) is 0 Å². The summed E-state index contributed by atoms with van der Waals surface area (Å²) in [6, 6.07) is -0.494. The Kier molecular flexibility index (Phi) is 7.07. The number of carbonyl (C=O) groups is 2. The number of imide groups is 1. The highest BCUT2D eigenvalue weighted by atomic mass is 35.5. The molecule has 1 atom stereocenters. The van der Waals surface area contributed by atoms with Gasteiger partial charge in [0.25, 0.3) is 0 Å². The molecular formula is C9H18ClN3O2. The standard InChI is InChI=1S/C9H18ClN3O2/c1-7(10)8(14)12-9(15)11-5-4-6-13(2)3/h7H,4-6H2,1-3H3,(H2,11,12,14,15). The molecule has 3 amide bonds. The van der Waals surface area contributed by atoms with Crippen molar-refractivity contribution in [3.63, 3.8) is 0 Å². The first kappa shape index (κ1) is 14.2. The number of nitrogens with one attached hydrogen (secondary N) is 2. The Hall–Kier alpha value is -0.810. The molecule has 0 radical (unpaired) electrons. The van der Waals surface area contributed by atoms with Crippen LogP contribution in [0.5, 0.6) is 0 Å². The lowest BCUT2D eigenvalue weighted by molar-refractivity contribution is -0.119. The molecule has 1 unspecified atom stereocenters.